The maximum Gasteiger partial charge on any atom is 0.234 e. The monoisotopic (exact) mass is 466 g/mol. The van der Waals surface area contributed by atoms with Crippen molar-refractivity contribution in [2.24, 2.45) is 0 Å². The molecule has 1 heterocycles. The van der Waals surface area contributed by atoms with E-state index in [1.54, 1.807) is 6.08 Å². The number of nitrogens with zero attached hydrogens (tertiary/aromatic N) is 3. The quantitative estimate of drug-likeness (QED) is 0.288. The highest BCUT2D eigenvalue weighted by Gasteiger charge is 2.20. The van der Waals surface area contributed by atoms with Crippen molar-refractivity contribution in [1.29, 1.82) is 0 Å². The maximum atomic E-state index is 12.4. The van der Waals surface area contributed by atoms with Gasteiger partial charge in [-0.25, -0.2) is 0 Å². The van der Waals surface area contributed by atoms with Crippen molar-refractivity contribution in [1.82, 2.24) is 14.8 Å². The van der Waals surface area contributed by atoms with E-state index < -0.39 is 0 Å². The van der Waals surface area contributed by atoms with Crippen molar-refractivity contribution in [3.8, 4) is 11.5 Å². The Bertz CT molecular complexity index is 1050. The third-order valence-electron chi connectivity index (χ3n) is 4.85. The highest BCUT2D eigenvalue weighted by molar-refractivity contribution is 7.99. The zero-order valence-electron chi connectivity index (χ0n) is 19.3. The van der Waals surface area contributed by atoms with Gasteiger partial charge in [0.15, 0.2) is 17.1 Å². The number of hydrogen-bond donors (Lipinski definition) is 1. The minimum atomic E-state index is -0.308. The van der Waals surface area contributed by atoms with Crippen molar-refractivity contribution in [3.63, 3.8) is 0 Å². The summed E-state index contributed by atoms with van der Waals surface area (Å²) < 4.78 is 13.4. The van der Waals surface area contributed by atoms with Crippen molar-refractivity contribution in [3.05, 3.63) is 72.6 Å². The van der Waals surface area contributed by atoms with E-state index in [4.69, 9.17) is 9.47 Å². The molecule has 0 bridgehead atoms. The Hall–Kier alpha value is -3.26. The lowest BCUT2D eigenvalue weighted by Gasteiger charge is -2.16. The van der Waals surface area contributed by atoms with Crippen LogP contribution < -0.4 is 14.8 Å². The molecule has 1 aromatic heterocycles. The Balaban J connectivity index is 1.61. The largest absolute Gasteiger partial charge is 0.494 e. The molecule has 7 nitrogen and oxygen atoms in total. The molecule has 1 atom stereocenters. The fourth-order valence-corrected chi connectivity index (χ4v) is 3.95. The van der Waals surface area contributed by atoms with Crippen LogP contribution in [0.2, 0.25) is 0 Å². The summed E-state index contributed by atoms with van der Waals surface area (Å²) in [5.74, 6) is 2.31. The minimum absolute atomic E-state index is 0.126. The van der Waals surface area contributed by atoms with E-state index in [-0.39, 0.29) is 17.8 Å². The topological polar surface area (TPSA) is 78.3 Å². The van der Waals surface area contributed by atoms with Gasteiger partial charge in [0.05, 0.1) is 12.4 Å². The fourth-order valence-electron chi connectivity index (χ4n) is 3.20. The summed E-state index contributed by atoms with van der Waals surface area (Å²) in [6.45, 7) is 10.9. The lowest BCUT2D eigenvalue weighted by molar-refractivity contribution is -0.113. The van der Waals surface area contributed by atoms with Gasteiger partial charge in [-0.1, -0.05) is 36.9 Å². The second kappa shape index (κ2) is 12.1. The molecule has 1 unspecified atom stereocenters. The Morgan fingerprint density at radius 1 is 1.12 bits per heavy atom. The second-order valence-corrected chi connectivity index (χ2v) is 8.23. The number of anilines is 1. The molecule has 0 aliphatic rings. The molecule has 3 aromatic rings. The number of amides is 1. The molecular formula is C25H30N4O3S. The molecule has 3 rings (SSSR count). The third-order valence-corrected chi connectivity index (χ3v) is 5.81. The number of allylic oxidation sites excluding steroid dienone is 1. The fraction of sp³-hybridized carbons (Fsp3) is 0.320. The van der Waals surface area contributed by atoms with E-state index in [1.165, 1.54) is 17.3 Å². The summed E-state index contributed by atoms with van der Waals surface area (Å²) in [7, 11) is 0. The van der Waals surface area contributed by atoms with Crippen LogP contribution in [0.4, 0.5) is 5.69 Å². The van der Waals surface area contributed by atoms with Crippen LogP contribution in [-0.4, -0.2) is 33.0 Å². The summed E-state index contributed by atoms with van der Waals surface area (Å²) in [4.78, 5) is 12.4. The normalized spacial score (nSPS) is 11.6. The van der Waals surface area contributed by atoms with Gasteiger partial charge in [0.1, 0.15) is 11.5 Å². The predicted molar refractivity (Wildman–Crippen MR) is 132 cm³/mol. The summed E-state index contributed by atoms with van der Waals surface area (Å²) in [5.41, 5.74) is 1.97. The van der Waals surface area contributed by atoms with Crippen molar-refractivity contribution in [2.45, 2.75) is 45.0 Å². The van der Waals surface area contributed by atoms with E-state index in [1.807, 2.05) is 54.8 Å². The number of rotatable bonds is 12. The van der Waals surface area contributed by atoms with Crippen LogP contribution in [-0.2, 0) is 17.8 Å². The van der Waals surface area contributed by atoms with Gasteiger partial charge in [0, 0.05) is 12.2 Å². The molecule has 0 fully saturated rings. The molecule has 1 amide bonds. The molecule has 0 aliphatic carbocycles. The molecule has 0 aliphatic heterocycles. The van der Waals surface area contributed by atoms with Gasteiger partial charge in [0.2, 0.25) is 5.91 Å². The van der Waals surface area contributed by atoms with Gasteiger partial charge < -0.3 is 14.8 Å². The molecule has 0 saturated carbocycles. The van der Waals surface area contributed by atoms with Gasteiger partial charge in [-0.3, -0.25) is 9.36 Å². The number of aromatic nitrogens is 3. The maximum absolute atomic E-state index is 12.4. The highest BCUT2D eigenvalue weighted by atomic mass is 32.2. The molecule has 0 spiro atoms. The Kier molecular flexibility index (Phi) is 8.95. The molecular weight excluding hydrogens is 436 g/mol. The molecule has 8 heteroatoms. The van der Waals surface area contributed by atoms with Crippen LogP contribution >= 0.6 is 11.8 Å². The lowest BCUT2D eigenvalue weighted by atomic mass is 10.2. The number of carbonyl (C=O) groups excluding carboxylic acids is 1. The van der Waals surface area contributed by atoms with Crippen molar-refractivity contribution in [2.75, 3.05) is 17.7 Å². The van der Waals surface area contributed by atoms with Crippen molar-refractivity contribution >= 4 is 23.4 Å². The number of nitrogens with one attached hydrogen (secondary N) is 1. The Morgan fingerprint density at radius 2 is 1.82 bits per heavy atom. The summed E-state index contributed by atoms with van der Waals surface area (Å²) in [5, 5.41) is 12.1. The van der Waals surface area contributed by atoms with Crippen LogP contribution in [0, 0.1) is 0 Å². The number of hydrogen-bond acceptors (Lipinski definition) is 6. The van der Waals surface area contributed by atoms with Gasteiger partial charge in [0.25, 0.3) is 0 Å². The van der Waals surface area contributed by atoms with E-state index in [0.717, 1.165) is 17.9 Å². The van der Waals surface area contributed by atoms with Crippen molar-refractivity contribution < 1.29 is 14.3 Å². The first-order chi connectivity index (χ1) is 16.0. The molecule has 0 saturated heterocycles. The van der Waals surface area contributed by atoms with E-state index >= 15 is 0 Å². The average molecular weight is 467 g/mol. The third kappa shape index (κ3) is 6.86. The summed E-state index contributed by atoms with van der Waals surface area (Å²) in [6.07, 6.45) is 2.45. The number of thioether (sulfide) groups is 1. The zero-order chi connectivity index (χ0) is 23.6. The van der Waals surface area contributed by atoms with Crippen LogP contribution in [0.25, 0.3) is 0 Å². The highest BCUT2D eigenvalue weighted by Crippen LogP contribution is 2.25. The standard InChI is InChI=1S/C25H30N4O3S/c1-5-16-29-24(18(4)32-22-12-8-19(6-2)9-13-22)27-28-25(29)33-17-23(30)26-20-10-14-21(15-11-20)31-7-3/h5,8-15,18H,1,6-7,16-17H2,2-4H3,(H,26,30). The van der Waals surface area contributed by atoms with Crippen LogP contribution in [0.3, 0.4) is 0 Å². The summed E-state index contributed by atoms with van der Waals surface area (Å²) >= 11 is 1.32. The first-order valence-corrected chi connectivity index (χ1v) is 12.0. The molecule has 2 aromatic carbocycles. The number of ether oxygens (including phenoxy) is 2. The Labute approximate surface area is 199 Å². The van der Waals surface area contributed by atoms with Crippen LogP contribution in [0.1, 0.15) is 38.3 Å². The molecule has 33 heavy (non-hydrogen) atoms. The first-order valence-electron chi connectivity index (χ1n) is 11.0. The lowest BCUT2D eigenvalue weighted by Crippen LogP contribution is -2.15. The number of carbonyl (C=O) groups is 1. The zero-order valence-corrected chi connectivity index (χ0v) is 20.1. The van der Waals surface area contributed by atoms with Gasteiger partial charge >= 0.3 is 0 Å². The van der Waals surface area contributed by atoms with Gasteiger partial charge in [-0.05, 0) is 62.2 Å². The SMILES string of the molecule is C=CCn1c(SCC(=O)Nc2ccc(OCC)cc2)nnc1C(C)Oc1ccc(CC)cc1. The van der Waals surface area contributed by atoms with Crippen LogP contribution in [0.5, 0.6) is 11.5 Å². The number of aryl methyl sites for hydroxylation is 1. The first kappa shape index (κ1) is 24.4. The van der Waals surface area contributed by atoms with E-state index in [2.05, 4.69) is 41.1 Å². The van der Waals surface area contributed by atoms with Gasteiger partial charge in [-0.15, -0.1) is 16.8 Å². The predicted octanol–water partition coefficient (Wildman–Crippen LogP) is 5.30. The second-order valence-electron chi connectivity index (χ2n) is 7.29. The molecule has 0 radical (unpaired) electrons. The summed E-state index contributed by atoms with van der Waals surface area (Å²) in [6, 6.07) is 15.3. The molecule has 174 valence electrons. The van der Waals surface area contributed by atoms with Gasteiger partial charge in [-0.2, -0.15) is 0 Å². The van der Waals surface area contributed by atoms with Crippen LogP contribution in [0.15, 0.2) is 66.3 Å². The minimum Gasteiger partial charge on any atom is -0.494 e. The average Bonchev–Trinajstić information content (AvgIpc) is 3.22. The van der Waals surface area contributed by atoms with E-state index in [9.17, 15) is 4.79 Å². The Morgan fingerprint density at radius 3 is 2.45 bits per heavy atom. The van der Waals surface area contributed by atoms with E-state index in [0.29, 0.717) is 29.8 Å². The number of benzene rings is 2. The smallest absolute Gasteiger partial charge is 0.234 e. The molecule has 1 N–H and O–H groups in total.